The quantitative estimate of drug-likeness (QED) is 0.803. The minimum Gasteiger partial charge on any atom is -0.352 e. The summed E-state index contributed by atoms with van der Waals surface area (Å²) < 4.78 is 0. The average Bonchev–Trinajstić information content (AvgIpc) is 2.49. The molecule has 0 spiro atoms. The van der Waals surface area contributed by atoms with E-state index in [2.05, 4.69) is 24.1 Å². The summed E-state index contributed by atoms with van der Waals surface area (Å²) in [6.45, 7) is 7.77. The molecule has 1 heterocycles. The van der Waals surface area contributed by atoms with Gasteiger partial charge >= 0.3 is 0 Å². The van der Waals surface area contributed by atoms with Gasteiger partial charge in [0.15, 0.2) is 0 Å². The Bertz CT molecular complexity index is 463. The third-order valence-corrected chi connectivity index (χ3v) is 4.19. The van der Waals surface area contributed by atoms with Gasteiger partial charge < -0.3 is 16.0 Å². The van der Waals surface area contributed by atoms with Crippen LogP contribution in [-0.4, -0.2) is 42.5 Å². The summed E-state index contributed by atoms with van der Waals surface area (Å²) in [5.41, 5.74) is 7.15. The molecule has 0 saturated carbocycles. The maximum Gasteiger partial charge on any atom is 0.237 e. The highest BCUT2D eigenvalue weighted by Crippen LogP contribution is 2.12. The first kappa shape index (κ1) is 23.2. The molecule has 1 fully saturated rings. The number of carbonyl (C=O) groups excluding carboxylic acids is 1. The van der Waals surface area contributed by atoms with Crippen LogP contribution in [0.3, 0.4) is 0 Å². The average molecular weight is 376 g/mol. The van der Waals surface area contributed by atoms with Gasteiger partial charge in [0.25, 0.3) is 0 Å². The van der Waals surface area contributed by atoms with Gasteiger partial charge in [-0.15, -0.1) is 24.8 Å². The Morgan fingerprint density at radius 3 is 2.33 bits per heavy atom. The van der Waals surface area contributed by atoms with Gasteiger partial charge in [-0.1, -0.05) is 44.2 Å². The van der Waals surface area contributed by atoms with Crippen LogP contribution in [-0.2, 0) is 11.2 Å². The lowest BCUT2D eigenvalue weighted by atomic mass is 10.0. The van der Waals surface area contributed by atoms with Gasteiger partial charge in [-0.2, -0.15) is 0 Å². The summed E-state index contributed by atoms with van der Waals surface area (Å²) in [5, 5.41) is 3.12. The molecule has 6 heteroatoms. The molecular formula is C18H31Cl2N3O. The van der Waals surface area contributed by atoms with Gasteiger partial charge in [0.2, 0.25) is 5.91 Å². The lowest BCUT2D eigenvalue weighted by molar-refractivity contribution is -0.123. The second-order valence-corrected chi connectivity index (χ2v) is 6.77. The van der Waals surface area contributed by atoms with Gasteiger partial charge in [-0.25, -0.2) is 0 Å². The second-order valence-electron chi connectivity index (χ2n) is 6.77. The normalized spacial score (nSPS) is 16.8. The monoisotopic (exact) mass is 375 g/mol. The zero-order valence-corrected chi connectivity index (χ0v) is 16.2. The summed E-state index contributed by atoms with van der Waals surface area (Å²) in [6.07, 6.45) is 2.64. The largest absolute Gasteiger partial charge is 0.352 e. The predicted octanol–water partition coefficient (Wildman–Crippen LogP) is 2.64. The maximum absolute atomic E-state index is 12.2. The fraction of sp³-hybridized carbons (Fsp3) is 0.611. The van der Waals surface area contributed by atoms with E-state index >= 15 is 0 Å². The van der Waals surface area contributed by atoms with Gasteiger partial charge in [0.05, 0.1) is 6.04 Å². The number of likely N-dealkylation sites (tertiary alicyclic amines) is 1. The van der Waals surface area contributed by atoms with Crippen molar-refractivity contribution in [2.24, 2.45) is 11.7 Å². The molecule has 138 valence electrons. The Morgan fingerprint density at radius 2 is 1.79 bits per heavy atom. The van der Waals surface area contributed by atoms with Crippen molar-refractivity contribution in [3.05, 3.63) is 35.9 Å². The third kappa shape index (κ3) is 7.84. The van der Waals surface area contributed by atoms with Gasteiger partial charge in [-0.05, 0) is 30.7 Å². The summed E-state index contributed by atoms with van der Waals surface area (Å²) in [4.78, 5) is 14.7. The minimum absolute atomic E-state index is 0. The van der Waals surface area contributed by atoms with Crippen molar-refractivity contribution in [2.75, 3.05) is 19.6 Å². The number of benzene rings is 1. The molecule has 0 aromatic heterocycles. The number of nitrogens with one attached hydrogen (secondary N) is 1. The van der Waals surface area contributed by atoms with Crippen LogP contribution in [0.2, 0.25) is 0 Å². The zero-order valence-electron chi connectivity index (χ0n) is 14.6. The molecule has 2 rings (SSSR count). The SMILES string of the molecule is CC(C)CN1CCC(NC(=O)C(N)Cc2ccccc2)CC1.Cl.Cl. The van der Waals surface area contributed by atoms with E-state index in [-0.39, 0.29) is 36.8 Å². The van der Waals surface area contributed by atoms with Crippen LogP contribution in [0.1, 0.15) is 32.3 Å². The first-order chi connectivity index (χ1) is 10.5. The summed E-state index contributed by atoms with van der Waals surface area (Å²) in [5.74, 6) is 0.677. The molecule has 1 atom stereocenters. The molecule has 1 aromatic rings. The minimum atomic E-state index is -0.462. The Hall–Kier alpha value is -0.810. The molecule has 1 aliphatic rings. The van der Waals surface area contributed by atoms with Crippen LogP contribution in [0.15, 0.2) is 30.3 Å². The van der Waals surface area contributed by atoms with E-state index in [0.29, 0.717) is 12.3 Å². The summed E-state index contributed by atoms with van der Waals surface area (Å²) >= 11 is 0. The van der Waals surface area contributed by atoms with Crippen LogP contribution in [0.25, 0.3) is 0 Å². The van der Waals surface area contributed by atoms with E-state index in [1.165, 1.54) is 0 Å². The predicted molar refractivity (Wildman–Crippen MR) is 105 cm³/mol. The Balaban J connectivity index is 0.00000264. The molecule has 24 heavy (non-hydrogen) atoms. The fourth-order valence-corrected chi connectivity index (χ4v) is 3.05. The Labute approximate surface area is 158 Å². The molecule has 3 N–H and O–H groups in total. The Morgan fingerprint density at radius 1 is 1.21 bits per heavy atom. The topological polar surface area (TPSA) is 58.4 Å². The molecule has 1 unspecified atom stereocenters. The van der Waals surface area contributed by atoms with Crippen LogP contribution in [0, 0.1) is 5.92 Å². The number of hydrogen-bond donors (Lipinski definition) is 2. The number of nitrogens with zero attached hydrogens (tertiary/aromatic N) is 1. The highest BCUT2D eigenvalue weighted by atomic mass is 35.5. The van der Waals surface area contributed by atoms with E-state index in [4.69, 9.17) is 5.73 Å². The molecule has 1 aliphatic heterocycles. The van der Waals surface area contributed by atoms with Crippen molar-refractivity contribution in [2.45, 2.75) is 45.2 Å². The molecule has 0 radical (unpaired) electrons. The lowest BCUT2D eigenvalue weighted by Crippen LogP contribution is -2.50. The van der Waals surface area contributed by atoms with Crippen molar-refractivity contribution < 1.29 is 4.79 Å². The van der Waals surface area contributed by atoms with E-state index in [0.717, 1.165) is 38.0 Å². The summed E-state index contributed by atoms with van der Waals surface area (Å²) in [7, 11) is 0. The number of amides is 1. The van der Waals surface area contributed by atoms with Crippen molar-refractivity contribution >= 4 is 30.7 Å². The highest BCUT2D eigenvalue weighted by molar-refractivity contribution is 5.85. The van der Waals surface area contributed by atoms with E-state index < -0.39 is 6.04 Å². The second kappa shape index (κ2) is 11.7. The molecule has 1 aromatic carbocycles. The van der Waals surface area contributed by atoms with E-state index in [9.17, 15) is 4.79 Å². The highest BCUT2D eigenvalue weighted by Gasteiger charge is 2.23. The van der Waals surface area contributed by atoms with E-state index in [1.807, 2.05) is 30.3 Å². The van der Waals surface area contributed by atoms with Crippen LogP contribution in [0.4, 0.5) is 0 Å². The number of halogens is 2. The number of nitrogens with two attached hydrogens (primary N) is 1. The van der Waals surface area contributed by atoms with Crippen molar-refractivity contribution in [3.63, 3.8) is 0 Å². The fourth-order valence-electron chi connectivity index (χ4n) is 3.05. The van der Waals surface area contributed by atoms with Gasteiger partial charge in [-0.3, -0.25) is 4.79 Å². The molecule has 1 amide bonds. The molecule has 0 aliphatic carbocycles. The first-order valence-electron chi connectivity index (χ1n) is 8.37. The number of hydrogen-bond acceptors (Lipinski definition) is 3. The van der Waals surface area contributed by atoms with E-state index in [1.54, 1.807) is 0 Å². The standard InChI is InChI=1S/C18H29N3O.2ClH/c1-14(2)13-21-10-8-16(9-11-21)20-18(22)17(19)12-15-6-4-3-5-7-15;;/h3-7,14,16-17H,8-13,19H2,1-2H3,(H,20,22);2*1H. The molecule has 4 nitrogen and oxygen atoms in total. The zero-order chi connectivity index (χ0) is 15.9. The first-order valence-corrected chi connectivity index (χ1v) is 8.37. The lowest BCUT2D eigenvalue weighted by Gasteiger charge is -2.33. The van der Waals surface area contributed by atoms with Crippen LogP contribution >= 0.6 is 24.8 Å². The van der Waals surface area contributed by atoms with Crippen molar-refractivity contribution in [3.8, 4) is 0 Å². The molecule has 0 bridgehead atoms. The maximum atomic E-state index is 12.2. The number of carbonyl (C=O) groups is 1. The smallest absolute Gasteiger partial charge is 0.237 e. The van der Waals surface area contributed by atoms with Crippen molar-refractivity contribution in [1.29, 1.82) is 0 Å². The Kier molecular flexibility index (Phi) is 11.3. The van der Waals surface area contributed by atoms with Crippen molar-refractivity contribution in [1.82, 2.24) is 10.2 Å². The summed E-state index contributed by atoms with van der Waals surface area (Å²) in [6, 6.07) is 9.76. The molecular weight excluding hydrogens is 345 g/mol. The van der Waals surface area contributed by atoms with Crippen LogP contribution in [0.5, 0.6) is 0 Å². The number of rotatable bonds is 6. The van der Waals surface area contributed by atoms with Gasteiger partial charge in [0, 0.05) is 25.7 Å². The van der Waals surface area contributed by atoms with Crippen LogP contribution < -0.4 is 11.1 Å². The molecule has 1 saturated heterocycles. The number of piperidine rings is 1. The third-order valence-electron chi connectivity index (χ3n) is 4.19. The van der Waals surface area contributed by atoms with Gasteiger partial charge in [0.1, 0.15) is 0 Å².